The lowest BCUT2D eigenvalue weighted by Crippen LogP contribution is -2.33. The molecule has 0 bridgehead atoms. The van der Waals surface area contributed by atoms with Crippen molar-refractivity contribution in [3.05, 3.63) is 92.9 Å². The van der Waals surface area contributed by atoms with Gasteiger partial charge in [0.2, 0.25) is 0 Å². The van der Waals surface area contributed by atoms with Crippen molar-refractivity contribution in [2.45, 2.75) is 33.9 Å². The second-order valence-electron chi connectivity index (χ2n) is 8.23. The van der Waals surface area contributed by atoms with Gasteiger partial charge in [-0.3, -0.25) is 19.7 Å². The molecule has 9 nitrogen and oxygen atoms in total. The molecule has 0 unspecified atom stereocenters. The Morgan fingerprint density at radius 3 is 2.55 bits per heavy atom. The first kappa shape index (κ1) is 23.6. The molecule has 1 N–H and O–H groups in total. The highest BCUT2D eigenvalue weighted by Gasteiger charge is 2.22. The molecule has 1 heterocycles. The molecule has 0 atom stereocenters. The third-order valence-corrected chi connectivity index (χ3v) is 4.89. The van der Waals surface area contributed by atoms with Crippen LogP contribution in [-0.4, -0.2) is 33.3 Å². The summed E-state index contributed by atoms with van der Waals surface area (Å²) in [4.78, 5) is 37.5. The number of hydrogen-bond acceptors (Lipinski definition) is 6. The average Bonchev–Trinajstić information content (AvgIpc) is 3.26. The maximum Gasteiger partial charge on any atom is 0.273 e. The highest BCUT2D eigenvalue weighted by Crippen LogP contribution is 2.18. The minimum Gasteiger partial charge on any atom is -0.359 e. The van der Waals surface area contributed by atoms with Crippen LogP contribution in [0.5, 0.6) is 0 Å². The lowest BCUT2D eigenvalue weighted by molar-refractivity contribution is -0.384. The smallest absolute Gasteiger partial charge is 0.273 e. The van der Waals surface area contributed by atoms with E-state index in [9.17, 15) is 19.7 Å². The van der Waals surface area contributed by atoms with Gasteiger partial charge in [0.25, 0.3) is 17.5 Å². The molecule has 1 aromatic heterocycles. The molecule has 9 heteroatoms. The summed E-state index contributed by atoms with van der Waals surface area (Å²) in [7, 11) is 0. The Bertz CT molecular complexity index is 1140. The number of aryl methyl sites for hydroxylation is 1. The van der Waals surface area contributed by atoms with Crippen molar-refractivity contribution in [1.29, 1.82) is 0 Å². The van der Waals surface area contributed by atoms with Gasteiger partial charge < -0.3 is 14.7 Å². The molecule has 2 amide bonds. The fourth-order valence-electron chi connectivity index (χ4n) is 3.26. The molecule has 0 fully saturated rings. The van der Waals surface area contributed by atoms with Crippen molar-refractivity contribution in [3.8, 4) is 0 Å². The maximum atomic E-state index is 13.0. The van der Waals surface area contributed by atoms with E-state index < -0.39 is 4.92 Å². The molecule has 0 saturated heterocycles. The van der Waals surface area contributed by atoms with Crippen molar-refractivity contribution < 1.29 is 19.0 Å². The SMILES string of the molecule is Cc1ccc(CNC(=O)c2cc(CN(CC(C)C)C(=O)c3cccc([N+](=O)[O-])c3)on2)cc1. The Kier molecular flexibility index (Phi) is 7.55. The Hall–Kier alpha value is -4.01. The van der Waals surface area contributed by atoms with E-state index in [1.54, 1.807) is 0 Å². The van der Waals surface area contributed by atoms with Gasteiger partial charge in [0.05, 0.1) is 11.5 Å². The number of benzene rings is 2. The minimum atomic E-state index is -0.540. The first-order chi connectivity index (χ1) is 15.7. The Morgan fingerprint density at radius 1 is 1.15 bits per heavy atom. The minimum absolute atomic E-state index is 0.0813. The number of nitrogens with one attached hydrogen (secondary N) is 1. The number of hydrogen-bond donors (Lipinski definition) is 1. The molecule has 3 rings (SSSR count). The molecule has 172 valence electrons. The van der Waals surface area contributed by atoms with E-state index in [4.69, 9.17) is 4.52 Å². The van der Waals surface area contributed by atoms with E-state index in [0.29, 0.717) is 18.8 Å². The van der Waals surface area contributed by atoms with Crippen LogP contribution in [0.2, 0.25) is 0 Å². The van der Waals surface area contributed by atoms with Crippen molar-refractivity contribution in [2.24, 2.45) is 5.92 Å². The van der Waals surface area contributed by atoms with E-state index in [-0.39, 0.29) is 41.2 Å². The highest BCUT2D eigenvalue weighted by molar-refractivity contribution is 5.95. The van der Waals surface area contributed by atoms with Gasteiger partial charge in [-0.15, -0.1) is 0 Å². The molecule has 0 aliphatic rings. The van der Waals surface area contributed by atoms with E-state index >= 15 is 0 Å². The normalized spacial score (nSPS) is 10.8. The van der Waals surface area contributed by atoms with Crippen LogP contribution in [0.3, 0.4) is 0 Å². The van der Waals surface area contributed by atoms with E-state index in [2.05, 4.69) is 10.5 Å². The molecule has 3 aromatic rings. The van der Waals surface area contributed by atoms with Crippen LogP contribution < -0.4 is 5.32 Å². The fourth-order valence-corrected chi connectivity index (χ4v) is 3.26. The van der Waals surface area contributed by atoms with Gasteiger partial charge in [-0.25, -0.2) is 0 Å². The van der Waals surface area contributed by atoms with E-state index in [1.807, 2.05) is 45.0 Å². The number of rotatable bonds is 9. The molecule has 0 spiro atoms. The summed E-state index contributed by atoms with van der Waals surface area (Å²) in [6.45, 7) is 6.74. The number of carbonyl (C=O) groups excluding carboxylic acids is 2. The first-order valence-corrected chi connectivity index (χ1v) is 10.6. The van der Waals surface area contributed by atoms with E-state index in [1.165, 1.54) is 35.2 Å². The zero-order chi connectivity index (χ0) is 24.0. The van der Waals surface area contributed by atoms with Crippen molar-refractivity contribution in [3.63, 3.8) is 0 Å². The monoisotopic (exact) mass is 450 g/mol. The molecular weight excluding hydrogens is 424 g/mol. The summed E-state index contributed by atoms with van der Waals surface area (Å²) in [5, 5.41) is 17.7. The van der Waals surface area contributed by atoms with Crippen molar-refractivity contribution >= 4 is 17.5 Å². The molecule has 2 aromatic carbocycles. The Morgan fingerprint density at radius 2 is 1.88 bits per heavy atom. The van der Waals surface area contributed by atoms with Gasteiger partial charge in [0.15, 0.2) is 11.5 Å². The van der Waals surface area contributed by atoms with E-state index in [0.717, 1.165) is 11.1 Å². The van der Waals surface area contributed by atoms with Gasteiger partial charge in [-0.2, -0.15) is 0 Å². The van der Waals surface area contributed by atoms with Gasteiger partial charge in [-0.05, 0) is 24.5 Å². The molecular formula is C24H26N4O5. The Labute approximate surface area is 191 Å². The second kappa shape index (κ2) is 10.5. The zero-order valence-corrected chi connectivity index (χ0v) is 18.8. The summed E-state index contributed by atoms with van der Waals surface area (Å²) in [5.74, 6) is -0.261. The van der Waals surface area contributed by atoms with Crippen LogP contribution in [0, 0.1) is 23.0 Å². The lowest BCUT2D eigenvalue weighted by atomic mass is 10.1. The summed E-state index contributed by atoms with van der Waals surface area (Å²) in [5.41, 5.74) is 2.27. The third kappa shape index (κ3) is 6.49. The van der Waals surface area contributed by atoms with Crippen LogP contribution in [0.25, 0.3) is 0 Å². The summed E-state index contributed by atoms with van der Waals surface area (Å²) in [6.07, 6.45) is 0. The summed E-state index contributed by atoms with van der Waals surface area (Å²) >= 11 is 0. The molecule has 0 aliphatic carbocycles. The highest BCUT2D eigenvalue weighted by atomic mass is 16.6. The predicted octanol–water partition coefficient (Wildman–Crippen LogP) is 4.12. The van der Waals surface area contributed by atoms with Crippen LogP contribution in [0.15, 0.2) is 59.1 Å². The van der Waals surface area contributed by atoms with Crippen LogP contribution in [0.4, 0.5) is 5.69 Å². The molecule has 0 radical (unpaired) electrons. The van der Waals surface area contributed by atoms with Crippen LogP contribution in [0.1, 0.15) is 51.6 Å². The molecule has 0 aliphatic heterocycles. The van der Waals surface area contributed by atoms with Crippen molar-refractivity contribution in [1.82, 2.24) is 15.4 Å². The van der Waals surface area contributed by atoms with Gasteiger partial charge in [0.1, 0.15) is 0 Å². The number of carbonyl (C=O) groups is 2. The van der Waals surface area contributed by atoms with Gasteiger partial charge in [0, 0.05) is 36.9 Å². The standard InChI is InChI=1S/C24H26N4O5/c1-16(2)14-27(24(30)19-5-4-6-20(11-19)28(31)32)15-21-12-22(26-33-21)23(29)25-13-18-9-7-17(3)8-10-18/h4-12,16H,13-15H2,1-3H3,(H,25,29). The topological polar surface area (TPSA) is 119 Å². The second-order valence-corrected chi connectivity index (χ2v) is 8.23. The molecule has 33 heavy (non-hydrogen) atoms. The largest absolute Gasteiger partial charge is 0.359 e. The van der Waals surface area contributed by atoms with Crippen molar-refractivity contribution in [2.75, 3.05) is 6.54 Å². The summed E-state index contributed by atoms with van der Waals surface area (Å²) in [6, 6.07) is 14.9. The molecule has 0 saturated carbocycles. The lowest BCUT2D eigenvalue weighted by Gasteiger charge is -2.23. The number of nitro benzene ring substituents is 1. The number of nitro groups is 1. The number of non-ortho nitro benzene ring substituents is 1. The number of nitrogens with zero attached hydrogens (tertiary/aromatic N) is 3. The maximum absolute atomic E-state index is 13.0. The quantitative estimate of drug-likeness (QED) is 0.387. The first-order valence-electron chi connectivity index (χ1n) is 10.6. The van der Waals surface area contributed by atoms with Gasteiger partial charge >= 0.3 is 0 Å². The Balaban J connectivity index is 1.69. The average molecular weight is 450 g/mol. The van der Waals surface area contributed by atoms with Gasteiger partial charge in [-0.1, -0.05) is 54.9 Å². The number of aromatic nitrogens is 1. The predicted molar refractivity (Wildman–Crippen MR) is 122 cm³/mol. The third-order valence-electron chi connectivity index (χ3n) is 4.89. The van der Waals surface area contributed by atoms with Crippen LogP contribution >= 0.6 is 0 Å². The zero-order valence-electron chi connectivity index (χ0n) is 18.8. The summed E-state index contributed by atoms with van der Waals surface area (Å²) < 4.78 is 5.30. The fraction of sp³-hybridized carbons (Fsp3) is 0.292. The number of amides is 2. The van der Waals surface area contributed by atoms with Crippen LogP contribution in [-0.2, 0) is 13.1 Å².